The Bertz CT molecular complexity index is 463. The van der Waals surface area contributed by atoms with E-state index in [9.17, 15) is 9.59 Å². The van der Waals surface area contributed by atoms with E-state index < -0.39 is 12.3 Å². The van der Waals surface area contributed by atoms with E-state index in [1.165, 1.54) is 16.2 Å². The molecule has 0 aliphatic rings. The van der Waals surface area contributed by atoms with E-state index in [1.807, 2.05) is 31.4 Å². The van der Waals surface area contributed by atoms with Gasteiger partial charge in [0.05, 0.1) is 13.2 Å². The van der Waals surface area contributed by atoms with E-state index in [-0.39, 0.29) is 6.09 Å². The first-order chi connectivity index (χ1) is 11.1. The zero-order valence-electron chi connectivity index (χ0n) is 13.9. The third-order valence-electron chi connectivity index (χ3n) is 2.99. The molecule has 23 heavy (non-hydrogen) atoms. The molecule has 7 heteroatoms. The van der Waals surface area contributed by atoms with E-state index >= 15 is 0 Å². The van der Waals surface area contributed by atoms with Gasteiger partial charge in [-0.2, -0.15) is 0 Å². The van der Waals surface area contributed by atoms with Gasteiger partial charge in [0.1, 0.15) is 6.10 Å². The number of hydrogen-bond acceptors (Lipinski definition) is 6. The van der Waals surface area contributed by atoms with Crippen LogP contribution in [0, 0.1) is 0 Å². The highest BCUT2D eigenvalue weighted by Gasteiger charge is 2.21. The zero-order chi connectivity index (χ0) is 17.1. The van der Waals surface area contributed by atoms with Gasteiger partial charge in [0.25, 0.3) is 0 Å². The Morgan fingerprint density at radius 3 is 2.52 bits per heavy atom. The number of ether oxygens (including phenoxy) is 3. The molecular formula is C16H25NO5S. The topological polar surface area (TPSA) is 65.1 Å². The van der Waals surface area contributed by atoms with Crippen LogP contribution in [-0.4, -0.2) is 44.0 Å². The first kappa shape index (κ1) is 19.3. The third-order valence-corrected chi connectivity index (χ3v) is 3.96. The third kappa shape index (κ3) is 7.36. The van der Waals surface area contributed by atoms with Gasteiger partial charge in [-0.1, -0.05) is 19.9 Å². The molecule has 0 bridgehead atoms. The molecule has 1 unspecified atom stereocenters. The smallest absolute Gasteiger partial charge is 0.449 e. The molecule has 1 aromatic heterocycles. The molecule has 0 spiro atoms. The predicted molar refractivity (Wildman–Crippen MR) is 88.7 cm³/mol. The highest BCUT2D eigenvalue weighted by atomic mass is 32.1. The predicted octanol–water partition coefficient (Wildman–Crippen LogP) is 4.22. The van der Waals surface area contributed by atoms with Crippen molar-refractivity contribution in [2.75, 3.05) is 26.8 Å². The molecule has 1 heterocycles. The first-order valence-electron chi connectivity index (χ1n) is 7.83. The Morgan fingerprint density at radius 1 is 1.22 bits per heavy atom. The monoisotopic (exact) mass is 343 g/mol. The fourth-order valence-corrected chi connectivity index (χ4v) is 2.56. The summed E-state index contributed by atoms with van der Waals surface area (Å²) in [6, 6.07) is 3.80. The number of carbonyl (C=O) groups excluding carboxylic acids is 2. The lowest BCUT2D eigenvalue weighted by Crippen LogP contribution is -2.30. The molecule has 0 saturated carbocycles. The highest BCUT2D eigenvalue weighted by Crippen LogP contribution is 2.26. The summed E-state index contributed by atoms with van der Waals surface area (Å²) in [6.07, 6.45) is 0.529. The standard InChI is InChI=1S/C16H25NO5S/c1-4-10-20-15(18)17(3)9-8-13(14-7-6-12-23-14)22-16(19)21-11-5-2/h6-7,12-13H,4-5,8-11H2,1-3H3. The van der Waals surface area contributed by atoms with Crippen molar-refractivity contribution < 1.29 is 23.8 Å². The van der Waals surface area contributed by atoms with Crippen LogP contribution in [0.1, 0.15) is 44.1 Å². The van der Waals surface area contributed by atoms with Crippen LogP contribution in [0.5, 0.6) is 0 Å². The van der Waals surface area contributed by atoms with Crippen molar-refractivity contribution in [2.45, 2.75) is 39.2 Å². The van der Waals surface area contributed by atoms with Gasteiger partial charge < -0.3 is 19.1 Å². The summed E-state index contributed by atoms with van der Waals surface area (Å²) in [5, 5.41) is 1.92. The van der Waals surface area contributed by atoms with Gasteiger partial charge in [0.15, 0.2) is 0 Å². The van der Waals surface area contributed by atoms with E-state index in [4.69, 9.17) is 14.2 Å². The van der Waals surface area contributed by atoms with Crippen LogP contribution in [-0.2, 0) is 14.2 Å². The lowest BCUT2D eigenvalue weighted by Gasteiger charge is -2.21. The molecule has 0 saturated heterocycles. The molecule has 1 atom stereocenters. The minimum absolute atomic E-state index is 0.333. The Labute approximate surface area is 141 Å². The highest BCUT2D eigenvalue weighted by molar-refractivity contribution is 7.10. The number of carbonyl (C=O) groups is 2. The summed E-state index contributed by atoms with van der Waals surface area (Å²) in [7, 11) is 1.67. The van der Waals surface area contributed by atoms with Crippen molar-refractivity contribution in [3.8, 4) is 0 Å². The second-order valence-electron chi connectivity index (χ2n) is 5.04. The average molecular weight is 343 g/mol. The Hall–Kier alpha value is -1.76. The van der Waals surface area contributed by atoms with Crippen molar-refractivity contribution in [1.29, 1.82) is 0 Å². The van der Waals surface area contributed by atoms with Gasteiger partial charge in [-0.15, -0.1) is 11.3 Å². The fourth-order valence-electron chi connectivity index (χ4n) is 1.77. The maximum atomic E-state index is 11.7. The minimum atomic E-state index is -0.679. The number of thiophene rings is 1. The number of nitrogens with zero attached hydrogens (tertiary/aromatic N) is 1. The summed E-state index contributed by atoms with van der Waals surface area (Å²) in [5.74, 6) is 0. The van der Waals surface area contributed by atoms with Crippen molar-refractivity contribution in [3.63, 3.8) is 0 Å². The largest absolute Gasteiger partial charge is 0.508 e. The second kappa shape index (κ2) is 10.9. The molecule has 130 valence electrons. The summed E-state index contributed by atoms with van der Waals surface area (Å²) >= 11 is 1.50. The van der Waals surface area contributed by atoms with Crippen LogP contribution in [0.4, 0.5) is 9.59 Å². The van der Waals surface area contributed by atoms with Crippen molar-refractivity contribution >= 4 is 23.6 Å². The molecule has 0 aliphatic carbocycles. The van der Waals surface area contributed by atoms with E-state index in [1.54, 1.807) is 7.05 Å². The van der Waals surface area contributed by atoms with Gasteiger partial charge in [0.2, 0.25) is 0 Å². The maximum absolute atomic E-state index is 11.7. The van der Waals surface area contributed by atoms with Gasteiger partial charge in [-0.3, -0.25) is 0 Å². The van der Waals surface area contributed by atoms with E-state index in [0.717, 1.165) is 17.7 Å². The lowest BCUT2D eigenvalue weighted by molar-refractivity contribution is 0.0183. The zero-order valence-corrected chi connectivity index (χ0v) is 14.8. The average Bonchev–Trinajstić information content (AvgIpc) is 3.08. The molecule has 0 aliphatic heterocycles. The molecular weight excluding hydrogens is 318 g/mol. The molecule has 6 nitrogen and oxygen atoms in total. The van der Waals surface area contributed by atoms with Crippen LogP contribution in [0.25, 0.3) is 0 Å². The van der Waals surface area contributed by atoms with E-state index in [2.05, 4.69) is 0 Å². The van der Waals surface area contributed by atoms with Crippen molar-refractivity contribution in [2.24, 2.45) is 0 Å². The first-order valence-corrected chi connectivity index (χ1v) is 8.71. The Morgan fingerprint density at radius 2 is 1.91 bits per heavy atom. The lowest BCUT2D eigenvalue weighted by atomic mass is 10.2. The quantitative estimate of drug-likeness (QED) is 0.628. The molecule has 1 amide bonds. The second-order valence-corrected chi connectivity index (χ2v) is 6.02. The van der Waals surface area contributed by atoms with Gasteiger partial charge in [0, 0.05) is 24.9 Å². The fraction of sp³-hybridized carbons (Fsp3) is 0.625. The summed E-state index contributed by atoms with van der Waals surface area (Å²) < 4.78 is 15.4. The van der Waals surface area contributed by atoms with Crippen LogP contribution in [0.2, 0.25) is 0 Å². The van der Waals surface area contributed by atoms with Crippen LogP contribution in [0.15, 0.2) is 17.5 Å². The summed E-state index contributed by atoms with van der Waals surface area (Å²) in [5.41, 5.74) is 0. The van der Waals surface area contributed by atoms with Gasteiger partial charge in [-0.25, -0.2) is 9.59 Å². The molecule has 1 aromatic rings. The van der Waals surface area contributed by atoms with Crippen LogP contribution < -0.4 is 0 Å². The van der Waals surface area contributed by atoms with Crippen molar-refractivity contribution in [1.82, 2.24) is 4.90 Å². The number of amides is 1. The maximum Gasteiger partial charge on any atom is 0.508 e. The summed E-state index contributed by atoms with van der Waals surface area (Å²) in [4.78, 5) is 25.8. The molecule has 1 rings (SSSR count). The molecule has 0 radical (unpaired) electrons. The molecule has 0 N–H and O–H groups in total. The minimum Gasteiger partial charge on any atom is -0.449 e. The molecule has 0 aromatic carbocycles. The van der Waals surface area contributed by atoms with Crippen molar-refractivity contribution in [3.05, 3.63) is 22.4 Å². The van der Waals surface area contributed by atoms with Gasteiger partial charge in [-0.05, 0) is 24.3 Å². The normalized spacial score (nSPS) is 11.6. The number of rotatable bonds is 9. The molecule has 0 fully saturated rings. The number of hydrogen-bond donors (Lipinski definition) is 0. The van der Waals surface area contributed by atoms with Crippen LogP contribution >= 0.6 is 11.3 Å². The van der Waals surface area contributed by atoms with Gasteiger partial charge >= 0.3 is 12.2 Å². The summed E-state index contributed by atoms with van der Waals surface area (Å²) in [6.45, 7) is 5.01. The SMILES string of the molecule is CCCOC(=O)OC(CCN(C)C(=O)OCCC)c1cccs1. The Balaban J connectivity index is 2.53. The van der Waals surface area contributed by atoms with E-state index in [0.29, 0.717) is 26.2 Å². The van der Waals surface area contributed by atoms with Crippen LogP contribution in [0.3, 0.4) is 0 Å². The Kier molecular flexibility index (Phi) is 9.12.